The van der Waals surface area contributed by atoms with Crippen LogP contribution >= 0.6 is 0 Å². The molecule has 0 radical (unpaired) electrons. The van der Waals surface area contributed by atoms with Crippen LogP contribution in [0.2, 0.25) is 0 Å². The Morgan fingerprint density at radius 1 is 0.793 bits per heavy atom. The topological polar surface area (TPSA) is 101 Å². The summed E-state index contributed by atoms with van der Waals surface area (Å²) in [7, 11) is 0. The lowest BCUT2D eigenvalue weighted by Gasteiger charge is -2.13. The van der Waals surface area contributed by atoms with Crippen LogP contribution in [-0.4, -0.2) is 40.6 Å². The first-order valence-corrected chi connectivity index (χ1v) is 11.5. The minimum atomic E-state index is -1.65. The van der Waals surface area contributed by atoms with Crippen molar-refractivity contribution in [1.82, 2.24) is 0 Å². The molecule has 170 valence electrons. The zero-order valence-corrected chi connectivity index (χ0v) is 18.5. The number of carbonyl (C=O) groups is 3. The van der Waals surface area contributed by atoms with Gasteiger partial charge in [-0.1, -0.05) is 77.6 Å². The van der Waals surface area contributed by atoms with E-state index in [1.54, 1.807) is 6.92 Å². The Morgan fingerprint density at radius 3 is 1.76 bits per heavy atom. The zero-order chi connectivity index (χ0) is 21.9. The molecule has 0 aliphatic heterocycles. The Kier molecular flexibility index (Phi) is 17.9. The fraction of sp³-hybridized carbons (Fsp3) is 0.870. The summed E-state index contributed by atoms with van der Waals surface area (Å²) in [6.45, 7) is 3.18. The smallest absolute Gasteiger partial charge is 0.345 e. The Hall–Kier alpha value is -1.27. The highest BCUT2D eigenvalue weighted by Crippen LogP contribution is 2.20. The molecule has 6 heteroatoms. The summed E-state index contributed by atoms with van der Waals surface area (Å²) in [6, 6.07) is 0. The minimum Gasteiger partial charge on any atom is -0.393 e. The number of rotatable bonds is 19. The van der Waals surface area contributed by atoms with Crippen LogP contribution < -0.4 is 0 Å². The van der Waals surface area contributed by atoms with Crippen molar-refractivity contribution in [2.24, 2.45) is 5.92 Å². The third kappa shape index (κ3) is 16.2. The summed E-state index contributed by atoms with van der Waals surface area (Å²) in [6.07, 6.45) is 13.8. The molecule has 0 saturated heterocycles. The largest absolute Gasteiger partial charge is 0.393 e. The van der Waals surface area contributed by atoms with Gasteiger partial charge in [-0.05, 0) is 26.2 Å². The maximum absolute atomic E-state index is 11.8. The fourth-order valence-electron chi connectivity index (χ4n) is 3.39. The average molecular weight is 415 g/mol. The number of aliphatic hydroxyl groups excluding tert-OH is 2. The van der Waals surface area contributed by atoms with Crippen LogP contribution in [-0.2, 0) is 19.1 Å². The first-order chi connectivity index (χ1) is 13.9. The standard InChI is InChI=1S/C23H42O6/c1-3-4-5-12-15-20(19(2)25)16-13-10-8-6-7-9-11-14-17-22(27)29-23(28)21(26)18-24/h20-21,24,26H,3-18H2,1-2H3. The number of ether oxygens (including phenoxy) is 1. The lowest BCUT2D eigenvalue weighted by molar-refractivity contribution is -0.167. The van der Waals surface area contributed by atoms with E-state index in [4.69, 9.17) is 10.2 Å². The third-order valence-electron chi connectivity index (χ3n) is 5.32. The molecule has 0 spiro atoms. The van der Waals surface area contributed by atoms with Crippen molar-refractivity contribution in [3.8, 4) is 0 Å². The zero-order valence-electron chi connectivity index (χ0n) is 18.5. The lowest BCUT2D eigenvalue weighted by Crippen LogP contribution is -2.28. The molecule has 0 saturated carbocycles. The fourth-order valence-corrected chi connectivity index (χ4v) is 3.39. The molecular weight excluding hydrogens is 372 g/mol. The van der Waals surface area contributed by atoms with Gasteiger partial charge in [0, 0.05) is 12.3 Å². The molecule has 0 aliphatic carbocycles. The molecule has 0 amide bonds. The van der Waals surface area contributed by atoms with E-state index in [2.05, 4.69) is 11.7 Å². The molecule has 29 heavy (non-hydrogen) atoms. The van der Waals surface area contributed by atoms with Gasteiger partial charge in [0.25, 0.3) is 0 Å². The van der Waals surface area contributed by atoms with E-state index in [0.29, 0.717) is 12.2 Å². The number of Topliss-reactive ketones (excluding diaryl/α,β-unsaturated/α-hetero) is 1. The normalized spacial score (nSPS) is 13.1. The van der Waals surface area contributed by atoms with Gasteiger partial charge in [-0.3, -0.25) is 9.59 Å². The predicted octanol–water partition coefficient (Wildman–Crippen LogP) is 4.49. The monoisotopic (exact) mass is 414 g/mol. The number of unbranched alkanes of at least 4 members (excludes halogenated alkanes) is 10. The second-order valence-electron chi connectivity index (χ2n) is 8.02. The van der Waals surface area contributed by atoms with Crippen LogP contribution in [0.1, 0.15) is 110 Å². The van der Waals surface area contributed by atoms with Gasteiger partial charge in [0.15, 0.2) is 6.10 Å². The highest BCUT2D eigenvalue weighted by Gasteiger charge is 2.18. The van der Waals surface area contributed by atoms with Crippen molar-refractivity contribution >= 4 is 17.7 Å². The van der Waals surface area contributed by atoms with Crippen molar-refractivity contribution in [2.75, 3.05) is 6.61 Å². The molecule has 0 heterocycles. The predicted molar refractivity (Wildman–Crippen MR) is 113 cm³/mol. The summed E-state index contributed by atoms with van der Waals surface area (Å²) in [5.74, 6) is -1.16. The molecule has 0 aliphatic rings. The molecule has 0 aromatic rings. The van der Waals surface area contributed by atoms with Gasteiger partial charge in [0.05, 0.1) is 6.61 Å². The van der Waals surface area contributed by atoms with Gasteiger partial charge in [0.2, 0.25) is 0 Å². The van der Waals surface area contributed by atoms with Gasteiger partial charge < -0.3 is 14.9 Å². The Balaban J connectivity index is 3.57. The van der Waals surface area contributed by atoms with Crippen molar-refractivity contribution in [2.45, 2.75) is 116 Å². The summed E-state index contributed by atoms with van der Waals surface area (Å²) in [5.41, 5.74) is 0. The van der Waals surface area contributed by atoms with Crippen molar-refractivity contribution in [3.05, 3.63) is 0 Å². The maximum Gasteiger partial charge on any atom is 0.345 e. The molecule has 0 bridgehead atoms. The van der Waals surface area contributed by atoms with Gasteiger partial charge >= 0.3 is 11.9 Å². The van der Waals surface area contributed by atoms with Gasteiger partial charge in [-0.25, -0.2) is 4.79 Å². The van der Waals surface area contributed by atoms with Crippen molar-refractivity contribution in [3.63, 3.8) is 0 Å². The number of ketones is 1. The van der Waals surface area contributed by atoms with Gasteiger partial charge in [-0.15, -0.1) is 0 Å². The van der Waals surface area contributed by atoms with Crippen LogP contribution in [0, 0.1) is 5.92 Å². The summed E-state index contributed by atoms with van der Waals surface area (Å²) in [4.78, 5) is 34.3. The highest BCUT2D eigenvalue weighted by atomic mass is 16.6. The average Bonchev–Trinajstić information content (AvgIpc) is 2.69. The molecule has 0 fully saturated rings. The summed E-state index contributed by atoms with van der Waals surface area (Å²) >= 11 is 0. The SMILES string of the molecule is CCCCCCC(CCCCCCCCCCC(=O)OC(=O)C(O)CO)C(C)=O. The molecule has 2 N–H and O–H groups in total. The van der Waals surface area contributed by atoms with Gasteiger partial charge in [0.1, 0.15) is 5.78 Å². The molecule has 2 unspecified atom stereocenters. The van der Waals surface area contributed by atoms with E-state index in [1.165, 1.54) is 38.5 Å². The van der Waals surface area contributed by atoms with Crippen LogP contribution in [0.25, 0.3) is 0 Å². The second-order valence-corrected chi connectivity index (χ2v) is 8.02. The minimum absolute atomic E-state index is 0.147. The number of hydrogen-bond acceptors (Lipinski definition) is 6. The van der Waals surface area contributed by atoms with E-state index in [1.807, 2.05) is 0 Å². The molecule has 0 rings (SSSR count). The Labute approximate surface area is 176 Å². The number of aliphatic hydroxyl groups is 2. The van der Waals surface area contributed by atoms with Gasteiger partial charge in [-0.2, -0.15) is 0 Å². The quantitative estimate of drug-likeness (QED) is 0.183. The van der Waals surface area contributed by atoms with E-state index in [0.717, 1.165) is 44.9 Å². The van der Waals surface area contributed by atoms with Crippen LogP contribution in [0.3, 0.4) is 0 Å². The highest BCUT2D eigenvalue weighted by molar-refractivity contribution is 5.87. The molecule has 0 aromatic heterocycles. The van der Waals surface area contributed by atoms with Crippen molar-refractivity contribution < 1.29 is 29.3 Å². The number of carbonyl (C=O) groups excluding carboxylic acids is 3. The van der Waals surface area contributed by atoms with Crippen LogP contribution in [0.4, 0.5) is 0 Å². The van der Waals surface area contributed by atoms with Crippen LogP contribution in [0.5, 0.6) is 0 Å². The molecule has 0 aromatic carbocycles. The van der Waals surface area contributed by atoms with Crippen LogP contribution in [0.15, 0.2) is 0 Å². The van der Waals surface area contributed by atoms with E-state index < -0.39 is 24.6 Å². The number of esters is 2. The summed E-state index contributed by atoms with van der Waals surface area (Å²) < 4.78 is 4.44. The molecule has 2 atom stereocenters. The lowest BCUT2D eigenvalue weighted by atomic mass is 9.91. The maximum atomic E-state index is 11.8. The van der Waals surface area contributed by atoms with E-state index >= 15 is 0 Å². The summed E-state index contributed by atoms with van der Waals surface area (Å²) in [5, 5.41) is 17.6. The van der Waals surface area contributed by atoms with Crippen molar-refractivity contribution in [1.29, 1.82) is 0 Å². The molecular formula is C23H42O6. The Bertz CT molecular complexity index is 449. The molecule has 6 nitrogen and oxygen atoms in total. The first-order valence-electron chi connectivity index (χ1n) is 11.5. The first kappa shape index (κ1) is 27.7. The van der Waals surface area contributed by atoms with E-state index in [9.17, 15) is 14.4 Å². The Morgan fingerprint density at radius 2 is 1.28 bits per heavy atom. The second kappa shape index (κ2) is 18.7. The number of hydrogen-bond donors (Lipinski definition) is 2. The third-order valence-corrected chi connectivity index (χ3v) is 5.32. The van der Waals surface area contributed by atoms with E-state index in [-0.39, 0.29) is 12.3 Å².